The van der Waals surface area contributed by atoms with Crippen molar-refractivity contribution in [3.8, 4) is 5.88 Å². The maximum Gasteiger partial charge on any atom is 0.256 e. The predicted molar refractivity (Wildman–Crippen MR) is 101 cm³/mol. The van der Waals surface area contributed by atoms with Crippen molar-refractivity contribution in [3.63, 3.8) is 0 Å². The molecule has 3 rings (SSSR count). The summed E-state index contributed by atoms with van der Waals surface area (Å²) in [5.41, 5.74) is 3.16. The molecule has 2 aromatic heterocycles. The molecule has 0 unspecified atom stereocenters. The SMILES string of the molecule is COc1ccc(NC(=O)c2ccccc2SCc2c(C)noc2C)cn1. The topological polar surface area (TPSA) is 77.2 Å². The minimum Gasteiger partial charge on any atom is -0.481 e. The van der Waals surface area contributed by atoms with E-state index in [2.05, 4.69) is 15.5 Å². The molecule has 0 atom stereocenters. The van der Waals surface area contributed by atoms with E-state index in [4.69, 9.17) is 9.26 Å². The van der Waals surface area contributed by atoms with Crippen LogP contribution in [0.5, 0.6) is 5.88 Å². The van der Waals surface area contributed by atoms with Gasteiger partial charge in [0, 0.05) is 22.3 Å². The van der Waals surface area contributed by atoms with Crippen molar-refractivity contribution in [1.82, 2.24) is 10.1 Å². The van der Waals surface area contributed by atoms with E-state index in [1.54, 1.807) is 37.2 Å². The van der Waals surface area contributed by atoms with Crippen LogP contribution in [-0.2, 0) is 5.75 Å². The van der Waals surface area contributed by atoms with Gasteiger partial charge in [0.05, 0.1) is 30.3 Å². The van der Waals surface area contributed by atoms with E-state index < -0.39 is 0 Å². The van der Waals surface area contributed by atoms with Crippen LogP contribution in [0, 0.1) is 13.8 Å². The number of ether oxygens (including phenoxy) is 1. The lowest BCUT2D eigenvalue weighted by atomic mass is 10.2. The summed E-state index contributed by atoms with van der Waals surface area (Å²) in [4.78, 5) is 17.7. The standard InChI is InChI=1S/C19H19N3O3S/c1-12-16(13(2)25-22-12)11-26-17-7-5-4-6-15(17)19(23)21-14-8-9-18(24-3)20-10-14/h4-10H,11H2,1-3H3,(H,21,23). The van der Waals surface area contributed by atoms with E-state index in [0.717, 1.165) is 21.9 Å². The number of hydrogen-bond donors (Lipinski definition) is 1. The number of amides is 1. The van der Waals surface area contributed by atoms with E-state index in [1.165, 1.54) is 0 Å². The molecular weight excluding hydrogens is 350 g/mol. The number of thioether (sulfide) groups is 1. The fraction of sp³-hybridized carbons (Fsp3) is 0.211. The van der Waals surface area contributed by atoms with E-state index in [1.807, 2.05) is 38.1 Å². The smallest absolute Gasteiger partial charge is 0.256 e. The zero-order valence-corrected chi connectivity index (χ0v) is 15.6. The van der Waals surface area contributed by atoms with Crippen molar-refractivity contribution in [2.75, 3.05) is 12.4 Å². The van der Waals surface area contributed by atoms with Crippen LogP contribution in [0.4, 0.5) is 5.69 Å². The van der Waals surface area contributed by atoms with Crippen LogP contribution >= 0.6 is 11.8 Å². The van der Waals surface area contributed by atoms with Crippen molar-refractivity contribution in [1.29, 1.82) is 0 Å². The molecule has 0 spiro atoms. The summed E-state index contributed by atoms with van der Waals surface area (Å²) in [6.45, 7) is 3.81. The Balaban J connectivity index is 1.74. The van der Waals surface area contributed by atoms with Gasteiger partial charge in [0.1, 0.15) is 5.76 Å². The highest BCUT2D eigenvalue weighted by Gasteiger charge is 2.14. The quantitative estimate of drug-likeness (QED) is 0.655. The van der Waals surface area contributed by atoms with E-state index in [9.17, 15) is 4.79 Å². The maximum atomic E-state index is 12.7. The average Bonchev–Trinajstić information content (AvgIpc) is 2.98. The molecule has 0 aliphatic heterocycles. The summed E-state index contributed by atoms with van der Waals surface area (Å²) in [5.74, 6) is 1.81. The van der Waals surface area contributed by atoms with Crippen LogP contribution in [-0.4, -0.2) is 23.2 Å². The van der Waals surface area contributed by atoms with Crippen LogP contribution in [0.25, 0.3) is 0 Å². The minimum absolute atomic E-state index is 0.182. The van der Waals surface area contributed by atoms with Crippen LogP contribution in [0.2, 0.25) is 0 Å². The number of pyridine rings is 1. The molecular formula is C19H19N3O3S. The normalized spacial score (nSPS) is 10.6. The van der Waals surface area contributed by atoms with Crippen molar-refractivity contribution < 1.29 is 14.1 Å². The molecule has 1 amide bonds. The van der Waals surface area contributed by atoms with E-state index in [-0.39, 0.29) is 5.91 Å². The second-order valence-electron chi connectivity index (χ2n) is 5.63. The Kier molecular flexibility index (Phi) is 5.58. The first kappa shape index (κ1) is 18.0. The number of methoxy groups -OCH3 is 1. The molecule has 0 fully saturated rings. The second kappa shape index (κ2) is 8.05. The fourth-order valence-electron chi connectivity index (χ4n) is 2.41. The first-order chi connectivity index (χ1) is 12.6. The third kappa shape index (κ3) is 4.05. The predicted octanol–water partition coefficient (Wildman–Crippen LogP) is 4.24. The molecule has 0 aliphatic rings. The zero-order chi connectivity index (χ0) is 18.5. The highest BCUT2D eigenvalue weighted by Crippen LogP contribution is 2.29. The van der Waals surface area contributed by atoms with Gasteiger partial charge in [0.25, 0.3) is 5.91 Å². The summed E-state index contributed by atoms with van der Waals surface area (Å²) in [5, 5.41) is 6.84. The number of hydrogen-bond acceptors (Lipinski definition) is 6. The van der Waals surface area contributed by atoms with Gasteiger partial charge < -0.3 is 14.6 Å². The van der Waals surface area contributed by atoms with Crippen molar-refractivity contribution in [3.05, 3.63) is 65.2 Å². The third-order valence-electron chi connectivity index (χ3n) is 3.89. The first-order valence-corrected chi connectivity index (χ1v) is 9.02. The third-order valence-corrected chi connectivity index (χ3v) is 4.99. The van der Waals surface area contributed by atoms with Gasteiger partial charge in [-0.2, -0.15) is 0 Å². The molecule has 1 N–H and O–H groups in total. The van der Waals surface area contributed by atoms with Gasteiger partial charge in [-0.3, -0.25) is 4.79 Å². The lowest BCUT2D eigenvalue weighted by molar-refractivity contribution is 0.102. The van der Waals surface area contributed by atoms with Gasteiger partial charge in [0.2, 0.25) is 5.88 Å². The Morgan fingerprint density at radius 1 is 1.23 bits per heavy atom. The number of aromatic nitrogens is 2. The summed E-state index contributed by atoms with van der Waals surface area (Å²) in [6, 6.07) is 11.0. The number of rotatable bonds is 6. The van der Waals surface area contributed by atoms with Crippen molar-refractivity contribution >= 4 is 23.4 Å². The number of carbonyl (C=O) groups is 1. The Morgan fingerprint density at radius 2 is 2.04 bits per heavy atom. The lowest BCUT2D eigenvalue weighted by Gasteiger charge is -2.10. The van der Waals surface area contributed by atoms with Gasteiger partial charge in [0.15, 0.2) is 0 Å². The number of anilines is 1. The molecule has 0 aliphatic carbocycles. The molecule has 3 aromatic rings. The van der Waals surface area contributed by atoms with Crippen LogP contribution in [0.3, 0.4) is 0 Å². The Hall–Kier alpha value is -2.80. The average molecular weight is 369 g/mol. The highest BCUT2D eigenvalue weighted by atomic mass is 32.2. The lowest BCUT2D eigenvalue weighted by Crippen LogP contribution is -2.13. The van der Waals surface area contributed by atoms with Gasteiger partial charge in [-0.15, -0.1) is 11.8 Å². The van der Waals surface area contributed by atoms with E-state index >= 15 is 0 Å². The second-order valence-corrected chi connectivity index (χ2v) is 6.65. The summed E-state index contributed by atoms with van der Waals surface area (Å²) < 4.78 is 10.2. The van der Waals surface area contributed by atoms with Crippen molar-refractivity contribution in [2.24, 2.45) is 0 Å². The van der Waals surface area contributed by atoms with Gasteiger partial charge in [-0.05, 0) is 32.0 Å². The van der Waals surface area contributed by atoms with Crippen molar-refractivity contribution in [2.45, 2.75) is 24.5 Å². The molecule has 0 saturated carbocycles. The Bertz CT molecular complexity index is 887. The van der Waals surface area contributed by atoms with Crippen LogP contribution in [0.15, 0.2) is 52.0 Å². The molecule has 6 nitrogen and oxygen atoms in total. The number of carbonyl (C=O) groups excluding carboxylic acids is 1. The summed E-state index contributed by atoms with van der Waals surface area (Å²) in [7, 11) is 1.55. The number of benzene rings is 1. The maximum absolute atomic E-state index is 12.7. The monoisotopic (exact) mass is 369 g/mol. The number of nitrogens with one attached hydrogen (secondary N) is 1. The first-order valence-electron chi connectivity index (χ1n) is 8.03. The molecule has 0 radical (unpaired) electrons. The molecule has 0 saturated heterocycles. The van der Waals surface area contributed by atoms with Gasteiger partial charge in [-0.1, -0.05) is 17.3 Å². The van der Waals surface area contributed by atoms with Gasteiger partial charge >= 0.3 is 0 Å². The minimum atomic E-state index is -0.182. The zero-order valence-electron chi connectivity index (χ0n) is 14.8. The summed E-state index contributed by atoms with van der Waals surface area (Å²) >= 11 is 1.58. The largest absolute Gasteiger partial charge is 0.481 e. The fourth-order valence-corrected chi connectivity index (χ4v) is 3.61. The molecule has 1 aromatic carbocycles. The number of aryl methyl sites for hydroxylation is 2. The van der Waals surface area contributed by atoms with Gasteiger partial charge in [-0.25, -0.2) is 4.98 Å². The number of nitrogens with zero attached hydrogens (tertiary/aromatic N) is 2. The Morgan fingerprint density at radius 3 is 2.69 bits per heavy atom. The van der Waals surface area contributed by atoms with Crippen LogP contribution < -0.4 is 10.1 Å². The molecule has 0 bridgehead atoms. The highest BCUT2D eigenvalue weighted by molar-refractivity contribution is 7.98. The Labute approximate surface area is 156 Å². The molecule has 2 heterocycles. The van der Waals surface area contributed by atoms with E-state index in [0.29, 0.717) is 22.9 Å². The summed E-state index contributed by atoms with van der Waals surface area (Å²) in [6.07, 6.45) is 1.57. The molecule has 7 heteroatoms. The van der Waals surface area contributed by atoms with Crippen LogP contribution in [0.1, 0.15) is 27.4 Å². The molecule has 134 valence electrons. The molecule has 26 heavy (non-hydrogen) atoms.